The standard InChI is InChI=1S/C24H21F3N4O3S2/c1-14-9-16(11-17(10-14)30-23-28-8-7-21(31-23)24(25,26)27)20-13-29-22(35-20)12-19(32)15-3-5-18(6-4-15)36(2,33)34/h3-11,13,19,32H,12H2,1-2H3,(H,28,30,31). The largest absolute Gasteiger partial charge is 0.433 e. The highest BCUT2D eigenvalue weighted by Crippen LogP contribution is 2.33. The van der Waals surface area contributed by atoms with Gasteiger partial charge in [-0.3, -0.25) is 0 Å². The number of alkyl halides is 3. The Morgan fingerprint density at radius 1 is 1.08 bits per heavy atom. The number of sulfone groups is 1. The number of hydrogen-bond donors (Lipinski definition) is 2. The third-order valence-corrected chi connectivity index (χ3v) is 7.38. The molecule has 7 nitrogen and oxygen atoms in total. The van der Waals surface area contributed by atoms with E-state index in [0.717, 1.165) is 34.5 Å². The molecule has 0 spiro atoms. The van der Waals surface area contributed by atoms with Gasteiger partial charge >= 0.3 is 6.18 Å². The Kier molecular flexibility index (Phi) is 7.12. The van der Waals surface area contributed by atoms with Crippen molar-refractivity contribution in [3.63, 3.8) is 0 Å². The first-order valence-electron chi connectivity index (χ1n) is 10.6. The summed E-state index contributed by atoms with van der Waals surface area (Å²) in [6.07, 6.45) is -1.38. The Morgan fingerprint density at radius 3 is 2.47 bits per heavy atom. The summed E-state index contributed by atoms with van der Waals surface area (Å²) in [4.78, 5) is 12.8. The highest BCUT2D eigenvalue weighted by molar-refractivity contribution is 7.90. The van der Waals surface area contributed by atoms with Gasteiger partial charge in [-0.1, -0.05) is 18.2 Å². The molecule has 0 radical (unpaired) electrons. The molecule has 36 heavy (non-hydrogen) atoms. The average Bonchev–Trinajstić information content (AvgIpc) is 3.26. The van der Waals surface area contributed by atoms with Crippen molar-refractivity contribution in [2.45, 2.75) is 30.5 Å². The predicted octanol–water partition coefficient (Wildman–Crippen LogP) is 5.35. The van der Waals surface area contributed by atoms with Crippen LogP contribution in [-0.2, 0) is 22.4 Å². The zero-order chi connectivity index (χ0) is 26.1. The minimum absolute atomic E-state index is 0.170. The van der Waals surface area contributed by atoms with Crippen LogP contribution in [0.1, 0.15) is 27.9 Å². The summed E-state index contributed by atoms with van der Waals surface area (Å²) in [7, 11) is -3.32. The molecule has 2 aromatic carbocycles. The molecule has 12 heteroatoms. The fourth-order valence-corrected chi connectivity index (χ4v) is 5.03. The maximum atomic E-state index is 13.0. The molecule has 0 amide bonds. The van der Waals surface area contributed by atoms with Crippen molar-refractivity contribution in [1.82, 2.24) is 15.0 Å². The number of nitrogens with one attached hydrogen (secondary N) is 1. The number of benzene rings is 2. The van der Waals surface area contributed by atoms with E-state index >= 15 is 0 Å². The molecule has 0 saturated carbocycles. The molecule has 2 N–H and O–H groups in total. The van der Waals surface area contributed by atoms with Crippen LogP contribution in [0.25, 0.3) is 10.4 Å². The molecule has 4 aromatic rings. The Bertz CT molecular complexity index is 1490. The van der Waals surface area contributed by atoms with Gasteiger partial charge in [0.05, 0.1) is 20.9 Å². The van der Waals surface area contributed by atoms with Gasteiger partial charge in [-0.15, -0.1) is 11.3 Å². The Labute approximate surface area is 209 Å². The molecule has 0 fully saturated rings. The van der Waals surface area contributed by atoms with Gasteiger partial charge in [-0.25, -0.2) is 23.4 Å². The molecular formula is C24H21F3N4O3S2. The minimum Gasteiger partial charge on any atom is -0.388 e. The van der Waals surface area contributed by atoms with Crippen LogP contribution in [0, 0.1) is 6.92 Å². The second-order valence-electron chi connectivity index (χ2n) is 8.16. The number of thiazole rings is 1. The van der Waals surface area contributed by atoms with E-state index in [2.05, 4.69) is 20.3 Å². The monoisotopic (exact) mass is 534 g/mol. The molecule has 2 heterocycles. The van der Waals surface area contributed by atoms with Crippen molar-refractivity contribution in [3.8, 4) is 10.4 Å². The molecule has 0 saturated heterocycles. The first kappa shape index (κ1) is 25.7. The molecule has 0 bridgehead atoms. The maximum Gasteiger partial charge on any atom is 0.433 e. The molecule has 0 aliphatic carbocycles. The van der Waals surface area contributed by atoms with Crippen LogP contribution in [-0.4, -0.2) is 34.7 Å². The second kappa shape index (κ2) is 9.96. The lowest BCUT2D eigenvalue weighted by molar-refractivity contribution is -0.141. The van der Waals surface area contributed by atoms with Crippen molar-refractivity contribution in [3.05, 3.63) is 82.8 Å². The number of nitrogens with zero attached hydrogens (tertiary/aromatic N) is 3. The normalized spacial score (nSPS) is 12.9. The third kappa shape index (κ3) is 6.25. The fraction of sp³-hybridized carbons (Fsp3) is 0.208. The predicted molar refractivity (Wildman–Crippen MR) is 131 cm³/mol. The topological polar surface area (TPSA) is 105 Å². The molecular weight excluding hydrogens is 513 g/mol. The number of aromatic nitrogens is 3. The van der Waals surface area contributed by atoms with Gasteiger partial charge in [-0.2, -0.15) is 13.2 Å². The van der Waals surface area contributed by atoms with Crippen LogP contribution < -0.4 is 5.32 Å². The van der Waals surface area contributed by atoms with Crippen molar-refractivity contribution in [1.29, 1.82) is 0 Å². The summed E-state index contributed by atoms with van der Waals surface area (Å²) < 4.78 is 62.1. The molecule has 0 aliphatic rings. The van der Waals surface area contributed by atoms with Crippen LogP contribution in [0.15, 0.2) is 65.8 Å². The van der Waals surface area contributed by atoms with Gasteiger partial charge in [-0.05, 0) is 53.9 Å². The first-order valence-corrected chi connectivity index (χ1v) is 13.3. The number of rotatable bonds is 7. The highest BCUT2D eigenvalue weighted by atomic mass is 32.2. The summed E-state index contributed by atoms with van der Waals surface area (Å²) >= 11 is 1.37. The summed E-state index contributed by atoms with van der Waals surface area (Å²) in [5.41, 5.74) is 1.71. The van der Waals surface area contributed by atoms with E-state index in [1.54, 1.807) is 30.5 Å². The van der Waals surface area contributed by atoms with Crippen LogP contribution in [0.5, 0.6) is 0 Å². The van der Waals surface area contributed by atoms with E-state index in [1.807, 2.05) is 13.0 Å². The number of anilines is 2. The third-order valence-electron chi connectivity index (χ3n) is 5.18. The summed E-state index contributed by atoms with van der Waals surface area (Å²) in [5, 5.41) is 14.1. The lowest BCUT2D eigenvalue weighted by Gasteiger charge is -2.10. The number of halogens is 3. The van der Waals surface area contributed by atoms with E-state index in [-0.39, 0.29) is 17.3 Å². The van der Waals surface area contributed by atoms with Crippen LogP contribution in [0.2, 0.25) is 0 Å². The minimum atomic E-state index is -4.57. The van der Waals surface area contributed by atoms with Gasteiger partial charge in [0.25, 0.3) is 0 Å². The Balaban J connectivity index is 1.51. The maximum absolute atomic E-state index is 13.0. The van der Waals surface area contributed by atoms with Crippen LogP contribution >= 0.6 is 11.3 Å². The zero-order valence-corrected chi connectivity index (χ0v) is 20.7. The first-order chi connectivity index (χ1) is 16.9. The summed E-state index contributed by atoms with van der Waals surface area (Å²) in [5.74, 6) is -0.170. The average molecular weight is 535 g/mol. The number of aliphatic hydroxyl groups excluding tert-OH is 1. The van der Waals surface area contributed by atoms with Crippen molar-refractivity contribution in [2.24, 2.45) is 0 Å². The van der Waals surface area contributed by atoms with Crippen molar-refractivity contribution >= 4 is 32.8 Å². The second-order valence-corrected chi connectivity index (χ2v) is 11.3. The lowest BCUT2D eigenvalue weighted by Crippen LogP contribution is -2.10. The number of aliphatic hydroxyl groups is 1. The van der Waals surface area contributed by atoms with E-state index in [9.17, 15) is 26.7 Å². The zero-order valence-electron chi connectivity index (χ0n) is 19.1. The molecule has 4 rings (SSSR count). The van der Waals surface area contributed by atoms with Gasteiger partial charge < -0.3 is 10.4 Å². The number of aryl methyl sites for hydroxylation is 1. The highest BCUT2D eigenvalue weighted by Gasteiger charge is 2.32. The van der Waals surface area contributed by atoms with Gasteiger partial charge in [0.2, 0.25) is 5.95 Å². The van der Waals surface area contributed by atoms with E-state index in [0.29, 0.717) is 16.3 Å². The van der Waals surface area contributed by atoms with E-state index in [1.165, 1.54) is 23.5 Å². The van der Waals surface area contributed by atoms with Gasteiger partial charge in [0.1, 0.15) is 5.69 Å². The van der Waals surface area contributed by atoms with E-state index < -0.39 is 27.8 Å². The molecule has 1 atom stereocenters. The summed E-state index contributed by atoms with van der Waals surface area (Å²) in [6, 6.07) is 12.3. The Hall–Kier alpha value is -3.35. The SMILES string of the molecule is Cc1cc(Nc2nccc(C(F)(F)F)n2)cc(-c2cnc(CC(O)c3ccc(S(C)(=O)=O)cc3)s2)c1. The van der Waals surface area contributed by atoms with Crippen LogP contribution in [0.3, 0.4) is 0 Å². The van der Waals surface area contributed by atoms with Crippen LogP contribution in [0.4, 0.5) is 24.8 Å². The molecule has 0 aliphatic heterocycles. The van der Waals surface area contributed by atoms with Crippen molar-refractivity contribution in [2.75, 3.05) is 11.6 Å². The fourth-order valence-electron chi connectivity index (χ4n) is 3.46. The van der Waals surface area contributed by atoms with Gasteiger partial charge in [0.15, 0.2) is 9.84 Å². The molecule has 1 unspecified atom stereocenters. The van der Waals surface area contributed by atoms with E-state index in [4.69, 9.17) is 0 Å². The van der Waals surface area contributed by atoms with Crippen molar-refractivity contribution < 1.29 is 26.7 Å². The lowest BCUT2D eigenvalue weighted by atomic mass is 10.1. The Morgan fingerprint density at radius 2 is 1.81 bits per heavy atom. The smallest absolute Gasteiger partial charge is 0.388 e. The summed E-state index contributed by atoms with van der Waals surface area (Å²) in [6.45, 7) is 1.85. The van der Waals surface area contributed by atoms with Gasteiger partial charge in [0, 0.05) is 30.8 Å². The number of hydrogen-bond acceptors (Lipinski definition) is 8. The molecule has 188 valence electrons. The molecule has 2 aromatic heterocycles. The quantitative estimate of drug-likeness (QED) is 0.329.